The molecule has 0 saturated carbocycles. The molecule has 2 aliphatic rings. The van der Waals surface area contributed by atoms with E-state index in [-0.39, 0.29) is 17.2 Å². The van der Waals surface area contributed by atoms with Crippen molar-refractivity contribution < 1.29 is 9.53 Å². The van der Waals surface area contributed by atoms with Crippen LogP contribution < -0.4 is 5.32 Å². The second-order valence-corrected chi connectivity index (χ2v) is 8.34. The second-order valence-electron chi connectivity index (χ2n) is 8.34. The highest BCUT2D eigenvalue weighted by Gasteiger charge is 2.47. The van der Waals surface area contributed by atoms with Crippen molar-refractivity contribution in [3.63, 3.8) is 0 Å². The molecular formula is C22H34N2O2. The largest absolute Gasteiger partial charge is 0.378 e. The molecule has 0 spiro atoms. The smallest absolute Gasteiger partial charge is 0.222 e. The summed E-state index contributed by atoms with van der Waals surface area (Å²) in [4.78, 5) is 14.5. The van der Waals surface area contributed by atoms with E-state index >= 15 is 0 Å². The number of aryl methyl sites for hydroxylation is 1. The number of likely N-dealkylation sites (tertiary alicyclic amines) is 1. The number of carbonyl (C=O) groups excluding carboxylic acids is 1. The minimum Gasteiger partial charge on any atom is -0.378 e. The number of hydrogen-bond donors (Lipinski definition) is 1. The molecule has 0 radical (unpaired) electrons. The van der Waals surface area contributed by atoms with Gasteiger partial charge in [-0.3, -0.25) is 9.69 Å². The Kier molecular flexibility index (Phi) is 6.36. The van der Waals surface area contributed by atoms with Gasteiger partial charge in [0.25, 0.3) is 0 Å². The molecule has 0 aliphatic carbocycles. The van der Waals surface area contributed by atoms with Gasteiger partial charge in [0.1, 0.15) is 0 Å². The molecule has 1 aromatic carbocycles. The number of amides is 1. The van der Waals surface area contributed by atoms with E-state index in [0.29, 0.717) is 6.10 Å². The van der Waals surface area contributed by atoms with E-state index in [2.05, 4.69) is 41.4 Å². The molecule has 2 fully saturated rings. The van der Waals surface area contributed by atoms with Gasteiger partial charge in [0, 0.05) is 44.1 Å². The van der Waals surface area contributed by atoms with Gasteiger partial charge in [-0.15, -0.1) is 0 Å². The van der Waals surface area contributed by atoms with Crippen LogP contribution in [0.15, 0.2) is 24.3 Å². The number of nitrogens with one attached hydrogen (secondary N) is 1. The molecule has 1 N–H and O–H groups in total. The number of fused-ring (bicyclic) bond motifs is 1. The molecule has 0 unspecified atom stereocenters. The molecule has 2 heterocycles. The number of piperidine rings is 1. The molecule has 144 valence electrons. The van der Waals surface area contributed by atoms with Crippen LogP contribution in [0.4, 0.5) is 0 Å². The van der Waals surface area contributed by atoms with E-state index in [1.165, 1.54) is 11.1 Å². The monoisotopic (exact) mass is 358 g/mol. The molecule has 4 nitrogen and oxygen atoms in total. The number of nitrogens with zero attached hydrogens (tertiary/aromatic N) is 1. The SMILES string of the molecule is CCc1ccc(CN2CC[C@H]3OCC[C@@]3(CCNC(=O)C(C)C)C2)cc1. The number of carbonyl (C=O) groups is 1. The fourth-order valence-electron chi connectivity index (χ4n) is 4.41. The molecule has 2 atom stereocenters. The van der Waals surface area contributed by atoms with Crippen molar-refractivity contribution in [3.05, 3.63) is 35.4 Å². The third-order valence-electron chi connectivity index (χ3n) is 6.13. The van der Waals surface area contributed by atoms with E-state index in [9.17, 15) is 4.79 Å². The van der Waals surface area contributed by atoms with Gasteiger partial charge in [0.2, 0.25) is 5.91 Å². The van der Waals surface area contributed by atoms with E-state index in [1.807, 2.05) is 13.8 Å². The molecule has 0 aromatic heterocycles. The van der Waals surface area contributed by atoms with Crippen molar-refractivity contribution in [2.24, 2.45) is 11.3 Å². The quantitative estimate of drug-likeness (QED) is 0.812. The predicted octanol–water partition coefficient (Wildman–Crippen LogP) is 3.39. The van der Waals surface area contributed by atoms with Crippen LogP contribution in [-0.4, -0.2) is 43.2 Å². The van der Waals surface area contributed by atoms with E-state index in [4.69, 9.17) is 4.74 Å². The first-order valence-electron chi connectivity index (χ1n) is 10.2. The zero-order valence-corrected chi connectivity index (χ0v) is 16.6. The summed E-state index contributed by atoms with van der Waals surface area (Å²) in [5.74, 6) is 0.206. The minimum atomic E-state index is 0.0528. The van der Waals surface area contributed by atoms with Gasteiger partial charge < -0.3 is 10.1 Å². The van der Waals surface area contributed by atoms with Crippen LogP contribution in [-0.2, 0) is 22.5 Å². The molecule has 2 aliphatic heterocycles. The molecule has 0 bridgehead atoms. The van der Waals surface area contributed by atoms with Crippen molar-refractivity contribution in [1.82, 2.24) is 10.2 Å². The summed E-state index contributed by atoms with van der Waals surface area (Å²) < 4.78 is 6.05. The van der Waals surface area contributed by atoms with Crippen molar-refractivity contribution in [3.8, 4) is 0 Å². The van der Waals surface area contributed by atoms with Crippen LogP contribution in [0.3, 0.4) is 0 Å². The second kappa shape index (κ2) is 8.53. The summed E-state index contributed by atoms with van der Waals surface area (Å²) in [6.45, 7) is 10.9. The maximum absolute atomic E-state index is 11.9. The first kappa shape index (κ1) is 19.4. The first-order chi connectivity index (χ1) is 12.5. The van der Waals surface area contributed by atoms with Gasteiger partial charge in [-0.1, -0.05) is 45.0 Å². The van der Waals surface area contributed by atoms with Gasteiger partial charge in [-0.05, 0) is 36.8 Å². The van der Waals surface area contributed by atoms with Gasteiger partial charge in [0.05, 0.1) is 6.10 Å². The van der Waals surface area contributed by atoms with Crippen molar-refractivity contribution in [2.45, 2.75) is 59.1 Å². The van der Waals surface area contributed by atoms with E-state index in [0.717, 1.165) is 58.5 Å². The number of rotatable bonds is 7. The van der Waals surface area contributed by atoms with Gasteiger partial charge in [0.15, 0.2) is 0 Å². The summed E-state index contributed by atoms with van der Waals surface area (Å²) in [5.41, 5.74) is 2.99. The highest BCUT2D eigenvalue weighted by atomic mass is 16.5. The zero-order chi connectivity index (χ0) is 18.6. The molecule has 26 heavy (non-hydrogen) atoms. The molecule has 3 rings (SSSR count). The standard InChI is InChI=1S/C22H34N2O2/c1-4-18-5-7-19(8-6-18)15-24-13-9-20-22(16-24,11-14-26-20)10-12-23-21(25)17(2)3/h5-8,17,20H,4,9-16H2,1-3H3,(H,23,25)/t20-,22+/m1/s1. The Morgan fingerprint density at radius 3 is 2.73 bits per heavy atom. The zero-order valence-electron chi connectivity index (χ0n) is 16.6. The molecular weight excluding hydrogens is 324 g/mol. The summed E-state index contributed by atoms with van der Waals surface area (Å²) >= 11 is 0. The third kappa shape index (κ3) is 4.47. The van der Waals surface area contributed by atoms with Crippen LogP contribution >= 0.6 is 0 Å². The van der Waals surface area contributed by atoms with Crippen LogP contribution in [0, 0.1) is 11.3 Å². The molecule has 2 saturated heterocycles. The number of ether oxygens (including phenoxy) is 1. The Morgan fingerprint density at radius 2 is 2.04 bits per heavy atom. The summed E-state index contributed by atoms with van der Waals surface area (Å²) in [7, 11) is 0. The van der Waals surface area contributed by atoms with E-state index < -0.39 is 0 Å². The Morgan fingerprint density at radius 1 is 1.31 bits per heavy atom. The first-order valence-corrected chi connectivity index (χ1v) is 10.2. The Hall–Kier alpha value is -1.39. The van der Waals surface area contributed by atoms with Gasteiger partial charge in [-0.25, -0.2) is 0 Å². The highest BCUT2D eigenvalue weighted by molar-refractivity contribution is 5.77. The van der Waals surface area contributed by atoms with Crippen molar-refractivity contribution in [1.29, 1.82) is 0 Å². The normalized spacial score (nSPS) is 26.1. The summed E-state index contributed by atoms with van der Waals surface area (Å²) in [6.07, 6.45) is 4.68. The molecule has 4 heteroatoms. The van der Waals surface area contributed by atoms with Crippen LogP contribution in [0.5, 0.6) is 0 Å². The maximum Gasteiger partial charge on any atom is 0.222 e. The average Bonchev–Trinajstić information content (AvgIpc) is 3.05. The topological polar surface area (TPSA) is 41.6 Å². The Labute approximate surface area is 158 Å². The van der Waals surface area contributed by atoms with Crippen LogP contribution in [0.2, 0.25) is 0 Å². The lowest BCUT2D eigenvalue weighted by atomic mass is 9.74. The Bertz CT molecular complexity index is 599. The van der Waals surface area contributed by atoms with E-state index in [1.54, 1.807) is 0 Å². The van der Waals surface area contributed by atoms with Crippen molar-refractivity contribution >= 4 is 5.91 Å². The lowest BCUT2D eigenvalue weighted by molar-refractivity contribution is -0.124. The predicted molar refractivity (Wildman–Crippen MR) is 105 cm³/mol. The van der Waals surface area contributed by atoms with Gasteiger partial charge >= 0.3 is 0 Å². The third-order valence-corrected chi connectivity index (χ3v) is 6.13. The lowest BCUT2D eigenvalue weighted by Gasteiger charge is -2.44. The van der Waals surface area contributed by atoms with Crippen LogP contribution in [0.1, 0.15) is 51.2 Å². The molecule has 1 aromatic rings. The van der Waals surface area contributed by atoms with Crippen LogP contribution in [0.25, 0.3) is 0 Å². The highest BCUT2D eigenvalue weighted by Crippen LogP contribution is 2.43. The molecule has 1 amide bonds. The van der Waals surface area contributed by atoms with Gasteiger partial charge in [-0.2, -0.15) is 0 Å². The fraction of sp³-hybridized carbons (Fsp3) is 0.682. The summed E-state index contributed by atoms with van der Waals surface area (Å²) in [6, 6.07) is 9.03. The number of benzene rings is 1. The number of hydrogen-bond acceptors (Lipinski definition) is 3. The fourth-order valence-corrected chi connectivity index (χ4v) is 4.41. The maximum atomic E-state index is 11.9. The average molecular weight is 359 g/mol. The Balaban J connectivity index is 1.59. The van der Waals surface area contributed by atoms with Crippen molar-refractivity contribution in [2.75, 3.05) is 26.2 Å². The minimum absolute atomic E-state index is 0.0528. The lowest BCUT2D eigenvalue weighted by Crippen LogP contribution is -2.50. The summed E-state index contributed by atoms with van der Waals surface area (Å²) in [5, 5.41) is 3.10.